The summed E-state index contributed by atoms with van der Waals surface area (Å²) in [6.07, 6.45) is 1.75. The summed E-state index contributed by atoms with van der Waals surface area (Å²) in [6, 6.07) is 12.0. The molecule has 2 aliphatic rings. The highest BCUT2D eigenvalue weighted by Crippen LogP contribution is 2.38. The van der Waals surface area contributed by atoms with Gasteiger partial charge in [0.1, 0.15) is 5.70 Å². The lowest BCUT2D eigenvalue weighted by molar-refractivity contribution is -0.120. The zero-order valence-electron chi connectivity index (χ0n) is 16.6. The number of likely N-dealkylation sites (tertiary alicyclic amines) is 1. The Labute approximate surface area is 185 Å². The second-order valence-electron chi connectivity index (χ2n) is 7.74. The number of aliphatic hydroxyl groups is 1. The largest absolute Gasteiger partial charge is 0.396 e. The monoisotopic (exact) mass is 444 g/mol. The quantitative estimate of drug-likeness (QED) is 0.714. The Balaban J connectivity index is 1.83. The van der Waals surface area contributed by atoms with Gasteiger partial charge in [-0.25, -0.2) is 4.90 Å². The van der Waals surface area contributed by atoms with E-state index in [4.69, 9.17) is 23.2 Å². The van der Waals surface area contributed by atoms with Gasteiger partial charge in [0.05, 0.1) is 11.3 Å². The van der Waals surface area contributed by atoms with E-state index in [0.717, 1.165) is 18.4 Å². The maximum absolute atomic E-state index is 13.6. The molecule has 2 heterocycles. The second kappa shape index (κ2) is 8.42. The number of piperidine rings is 1. The number of hydrogen-bond acceptors (Lipinski definition) is 4. The average Bonchev–Trinajstić information content (AvgIpc) is 2.99. The fourth-order valence-corrected chi connectivity index (χ4v) is 4.55. The molecule has 1 saturated heterocycles. The van der Waals surface area contributed by atoms with Crippen LogP contribution in [-0.2, 0) is 9.59 Å². The minimum Gasteiger partial charge on any atom is -0.396 e. The first kappa shape index (κ1) is 20.9. The molecule has 1 unspecified atom stereocenters. The Morgan fingerprint density at radius 3 is 2.40 bits per heavy atom. The Bertz CT molecular complexity index is 1030. The standard InChI is InChI=1S/C23H22Cl2N2O3/c1-14-11-18(25)8-9-19(14)27-22(29)20(16-4-6-17(24)7-5-16)21(23(27)30)26-10-2-3-15(12-26)13-28/h4-9,11,15,28H,2-3,10,12-13H2,1H3. The number of amides is 2. The molecule has 7 heteroatoms. The van der Waals surface area contributed by atoms with Crippen LogP contribution in [0.15, 0.2) is 48.2 Å². The SMILES string of the molecule is Cc1cc(Cl)ccc1N1C(=O)C(c2ccc(Cl)cc2)=C(N2CCCC(CO)C2)C1=O. The first-order valence-corrected chi connectivity index (χ1v) is 10.7. The lowest BCUT2D eigenvalue weighted by Crippen LogP contribution is -2.40. The molecule has 30 heavy (non-hydrogen) atoms. The molecular weight excluding hydrogens is 423 g/mol. The summed E-state index contributed by atoms with van der Waals surface area (Å²) in [5.74, 6) is -0.644. The number of rotatable bonds is 4. The molecular formula is C23H22Cl2N2O3. The van der Waals surface area contributed by atoms with Crippen LogP contribution >= 0.6 is 23.2 Å². The molecule has 5 nitrogen and oxygen atoms in total. The van der Waals surface area contributed by atoms with E-state index in [9.17, 15) is 14.7 Å². The van der Waals surface area contributed by atoms with Gasteiger partial charge in [0.25, 0.3) is 11.8 Å². The number of carbonyl (C=O) groups excluding carboxylic acids is 2. The van der Waals surface area contributed by atoms with E-state index in [0.29, 0.717) is 45.7 Å². The Kier molecular flexibility index (Phi) is 5.87. The summed E-state index contributed by atoms with van der Waals surface area (Å²) in [5, 5.41) is 10.7. The van der Waals surface area contributed by atoms with Crippen molar-refractivity contribution in [1.82, 2.24) is 4.90 Å². The van der Waals surface area contributed by atoms with Crippen molar-refractivity contribution in [3.63, 3.8) is 0 Å². The van der Waals surface area contributed by atoms with Crippen molar-refractivity contribution in [2.24, 2.45) is 5.92 Å². The van der Waals surface area contributed by atoms with Gasteiger partial charge in [-0.1, -0.05) is 35.3 Å². The van der Waals surface area contributed by atoms with E-state index in [-0.39, 0.29) is 24.3 Å². The van der Waals surface area contributed by atoms with Gasteiger partial charge in [-0.3, -0.25) is 9.59 Å². The minimum atomic E-state index is -0.367. The summed E-state index contributed by atoms with van der Waals surface area (Å²) in [7, 11) is 0. The predicted octanol–water partition coefficient (Wildman–Crippen LogP) is 4.29. The number of carbonyl (C=O) groups is 2. The maximum Gasteiger partial charge on any atom is 0.282 e. The van der Waals surface area contributed by atoms with Gasteiger partial charge in [-0.2, -0.15) is 0 Å². The Morgan fingerprint density at radius 1 is 1.03 bits per heavy atom. The number of anilines is 1. The third-order valence-electron chi connectivity index (χ3n) is 5.69. The fourth-order valence-electron chi connectivity index (χ4n) is 4.19. The topological polar surface area (TPSA) is 60.9 Å². The number of halogens is 2. The third kappa shape index (κ3) is 3.73. The molecule has 0 saturated carbocycles. The lowest BCUT2D eigenvalue weighted by Gasteiger charge is -2.34. The number of nitrogens with zero attached hydrogens (tertiary/aromatic N) is 2. The molecule has 2 aliphatic heterocycles. The molecule has 156 valence electrons. The average molecular weight is 445 g/mol. The highest BCUT2D eigenvalue weighted by molar-refractivity contribution is 6.45. The number of aryl methyl sites for hydroxylation is 1. The van der Waals surface area contributed by atoms with Crippen LogP contribution in [0.4, 0.5) is 5.69 Å². The molecule has 0 aliphatic carbocycles. The second-order valence-corrected chi connectivity index (χ2v) is 8.62. The van der Waals surface area contributed by atoms with Crippen LogP contribution in [-0.4, -0.2) is 41.5 Å². The van der Waals surface area contributed by atoms with Gasteiger partial charge in [0, 0.05) is 29.7 Å². The summed E-state index contributed by atoms with van der Waals surface area (Å²) < 4.78 is 0. The normalized spacial score (nSPS) is 19.8. The summed E-state index contributed by atoms with van der Waals surface area (Å²) in [5.41, 5.74) is 2.66. The van der Waals surface area contributed by atoms with Gasteiger partial charge >= 0.3 is 0 Å². The summed E-state index contributed by atoms with van der Waals surface area (Å²) in [4.78, 5) is 30.3. The van der Waals surface area contributed by atoms with Crippen molar-refractivity contribution in [2.75, 3.05) is 24.6 Å². The minimum absolute atomic E-state index is 0.0577. The molecule has 1 atom stereocenters. The molecule has 1 N–H and O–H groups in total. The zero-order chi connectivity index (χ0) is 21.4. The van der Waals surface area contributed by atoms with Crippen molar-refractivity contribution in [2.45, 2.75) is 19.8 Å². The molecule has 4 rings (SSSR count). The van der Waals surface area contributed by atoms with E-state index < -0.39 is 0 Å². The van der Waals surface area contributed by atoms with Crippen LogP contribution in [0.25, 0.3) is 5.57 Å². The molecule has 2 amide bonds. The van der Waals surface area contributed by atoms with Crippen LogP contribution in [0.1, 0.15) is 24.0 Å². The van der Waals surface area contributed by atoms with Crippen molar-refractivity contribution < 1.29 is 14.7 Å². The first-order valence-electron chi connectivity index (χ1n) is 9.91. The highest BCUT2D eigenvalue weighted by atomic mass is 35.5. The number of imide groups is 1. The van der Waals surface area contributed by atoms with E-state index in [1.165, 1.54) is 4.90 Å². The van der Waals surface area contributed by atoms with Crippen LogP contribution < -0.4 is 4.90 Å². The third-order valence-corrected chi connectivity index (χ3v) is 6.17. The first-order chi connectivity index (χ1) is 14.4. The highest BCUT2D eigenvalue weighted by Gasteiger charge is 2.43. The number of aliphatic hydroxyl groups excluding tert-OH is 1. The van der Waals surface area contributed by atoms with Gasteiger partial charge < -0.3 is 10.0 Å². The van der Waals surface area contributed by atoms with E-state index in [1.807, 2.05) is 11.8 Å². The Morgan fingerprint density at radius 2 is 1.73 bits per heavy atom. The lowest BCUT2D eigenvalue weighted by atomic mass is 9.97. The zero-order valence-corrected chi connectivity index (χ0v) is 18.1. The van der Waals surface area contributed by atoms with Crippen molar-refractivity contribution in [3.05, 3.63) is 69.3 Å². The smallest absolute Gasteiger partial charge is 0.282 e. The fraction of sp³-hybridized carbons (Fsp3) is 0.304. The van der Waals surface area contributed by atoms with Gasteiger partial charge in [0.2, 0.25) is 0 Å². The summed E-state index contributed by atoms with van der Waals surface area (Å²) >= 11 is 12.1. The van der Waals surface area contributed by atoms with Gasteiger partial charge in [0.15, 0.2) is 0 Å². The molecule has 2 aromatic rings. The predicted molar refractivity (Wildman–Crippen MR) is 118 cm³/mol. The van der Waals surface area contributed by atoms with E-state index >= 15 is 0 Å². The summed E-state index contributed by atoms with van der Waals surface area (Å²) in [6.45, 7) is 3.08. The van der Waals surface area contributed by atoms with Crippen LogP contribution in [0.5, 0.6) is 0 Å². The number of hydrogen-bond donors (Lipinski definition) is 1. The van der Waals surface area contributed by atoms with Gasteiger partial charge in [-0.05, 0) is 67.1 Å². The molecule has 1 fully saturated rings. The van der Waals surface area contributed by atoms with Crippen molar-refractivity contribution >= 4 is 46.3 Å². The molecule has 0 spiro atoms. The molecule has 0 aromatic heterocycles. The van der Waals surface area contributed by atoms with Crippen molar-refractivity contribution in [1.29, 1.82) is 0 Å². The van der Waals surface area contributed by atoms with E-state index in [2.05, 4.69) is 0 Å². The van der Waals surface area contributed by atoms with Crippen LogP contribution in [0.3, 0.4) is 0 Å². The maximum atomic E-state index is 13.6. The molecule has 2 aromatic carbocycles. The Hall–Kier alpha value is -2.34. The van der Waals surface area contributed by atoms with Gasteiger partial charge in [-0.15, -0.1) is 0 Å². The van der Waals surface area contributed by atoms with E-state index in [1.54, 1.807) is 42.5 Å². The van der Waals surface area contributed by atoms with Crippen LogP contribution in [0.2, 0.25) is 10.0 Å². The van der Waals surface area contributed by atoms with Crippen LogP contribution in [0, 0.1) is 12.8 Å². The number of benzene rings is 2. The molecule has 0 radical (unpaired) electrons. The van der Waals surface area contributed by atoms with Crippen molar-refractivity contribution in [3.8, 4) is 0 Å². The molecule has 0 bridgehead atoms.